The average Bonchev–Trinajstić information content (AvgIpc) is 2.87. The zero-order valence-corrected chi connectivity index (χ0v) is 12.6. The topological polar surface area (TPSA) is 66.9 Å². The molecule has 112 valence electrons. The molecule has 0 aliphatic rings. The molecule has 0 unspecified atom stereocenters. The molecule has 0 atom stereocenters. The number of halogens is 1. The van der Waals surface area contributed by atoms with E-state index in [0.29, 0.717) is 16.1 Å². The molecular weight excluding hydrogens is 302 g/mol. The van der Waals surface area contributed by atoms with Crippen molar-refractivity contribution < 1.29 is 4.79 Å². The summed E-state index contributed by atoms with van der Waals surface area (Å²) < 4.78 is 1.73. The summed E-state index contributed by atoms with van der Waals surface area (Å²) in [4.78, 5) is 26.4. The zero-order valence-electron chi connectivity index (χ0n) is 11.9. The van der Waals surface area contributed by atoms with E-state index in [2.05, 4.69) is 10.3 Å². The minimum Gasteiger partial charge on any atom is -0.338 e. The number of aromatic nitrogens is 2. The molecule has 0 spiro atoms. The number of carbonyl (C=O) groups is 1. The molecule has 5 nitrogen and oxygen atoms in total. The van der Waals surface area contributed by atoms with Crippen LogP contribution < -0.4 is 10.9 Å². The van der Waals surface area contributed by atoms with Crippen molar-refractivity contribution in [1.82, 2.24) is 9.55 Å². The third kappa shape index (κ3) is 2.76. The molecule has 6 heteroatoms. The van der Waals surface area contributed by atoms with Crippen LogP contribution in [0.25, 0.3) is 10.9 Å². The number of aromatic amines is 1. The number of rotatable bonds is 3. The van der Waals surface area contributed by atoms with Crippen LogP contribution in [0.1, 0.15) is 5.56 Å². The van der Waals surface area contributed by atoms with Gasteiger partial charge in [0.15, 0.2) is 0 Å². The number of nitrogens with zero attached hydrogens (tertiary/aromatic N) is 1. The van der Waals surface area contributed by atoms with Gasteiger partial charge in [0.1, 0.15) is 6.54 Å². The van der Waals surface area contributed by atoms with Gasteiger partial charge in [0.2, 0.25) is 5.91 Å². The number of anilines is 1. The van der Waals surface area contributed by atoms with Gasteiger partial charge in [0.05, 0.1) is 10.9 Å². The molecule has 3 rings (SSSR count). The van der Waals surface area contributed by atoms with Crippen molar-refractivity contribution in [2.24, 2.45) is 0 Å². The van der Waals surface area contributed by atoms with Gasteiger partial charge in [-0.2, -0.15) is 0 Å². The van der Waals surface area contributed by atoms with Crippen molar-refractivity contribution in [3.8, 4) is 0 Å². The molecule has 3 aromatic rings. The number of aryl methyl sites for hydroxylation is 1. The zero-order chi connectivity index (χ0) is 15.7. The van der Waals surface area contributed by atoms with Crippen LogP contribution in [0.15, 0.2) is 47.5 Å². The Kier molecular flexibility index (Phi) is 3.73. The maximum atomic E-state index is 12.1. The van der Waals surface area contributed by atoms with Crippen LogP contribution in [0, 0.1) is 6.92 Å². The summed E-state index contributed by atoms with van der Waals surface area (Å²) in [6, 6.07) is 8.84. The van der Waals surface area contributed by atoms with E-state index in [1.807, 2.05) is 13.0 Å². The van der Waals surface area contributed by atoms with E-state index in [-0.39, 0.29) is 18.0 Å². The first-order valence-corrected chi connectivity index (χ1v) is 7.15. The molecule has 0 saturated carbocycles. The highest BCUT2D eigenvalue weighted by Crippen LogP contribution is 2.20. The lowest BCUT2D eigenvalue weighted by Gasteiger charge is -2.08. The summed E-state index contributed by atoms with van der Waals surface area (Å²) >= 11 is 6.04. The maximum absolute atomic E-state index is 12.1. The average molecular weight is 316 g/mol. The molecular formula is C16H14ClN3O2. The Morgan fingerprint density at radius 1 is 1.32 bits per heavy atom. The van der Waals surface area contributed by atoms with Crippen LogP contribution in [0.2, 0.25) is 5.02 Å². The fourth-order valence-electron chi connectivity index (χ4n) is 2.30. The third-order valence-corrected chi connectivity index (χ3v) is 3.88. The summed E-state index contributed by atoms with van der Waals surface area (Å²) in [6.07, 6.45) is 3.29. The second kappa shape index (κ2) is 5.69. The summed E-state index contributed by atoms with van der Waals surface area (Å²) in [6.45, 7) is 2.02. The van der Waals surface area contributed by atoms with Gasteiger partial charge < -0.3 is 14.9 Å². The Bertz CT molecular complexity index is 911. The largest absolute Gasteiger partial charge is 0.338 e. The first-order chi connectivity index (χ1) is 10.5. The fourth-order valence-corrected chi connectivity index (χ4v) is 2.48. The van der Waals surface area contributed by atoms with Crippen LogP contribution in [-0.4, -0.2) is 15.5 Å². The maximum Gasteiger partial charge on any atom is 0.257 e. The lowest BCUT2D eigenvalue weighted by atomic mass is 10.2. The number of fused-ring (bicyclic) bond motifs is 1. The van der Waals surface area contributed by atoms with Gasteiger partial charge >= 0.3 is 0 Å². The van der Waals surface area contributed by atoms with Gasteiger partial charge in [0, 0.05) is 23.1 Å². The Morgan fingerprint density at radius 2 is 2.14 bits per heavy atom. The smallest absolute Gasteiger partial charge is 0.257 e. The second-order valence-electron chi connectivity index (χ2n) is 5.06. The molecule has 2 aromatic heterocycles. The van der Waals surface area contributed by atoms with Crippen molar-refractivity contribution in [2.45, 2.75) is 13.5 Å². The van der Waals surface area contributed by atoms with Gasteiger partial charge in [-0.15, -0.1) is 0 Å². The number of hydrogen-bond donors (Lipinski definition) is 2. The molecule has 22 heavy (non-hydrogen) atoms. The molecule has 1 aromatic carbocycles. The van der Waals surface area contributed by atoms with Gasteiger partial charge in [0.25, 0.3) is 5.56 Å². The van der Waals surface area contributed by atoms with E-state index < -0.39 is 0 Å². The Balaban J connectivity index is 1.80. The van der Waals surface area contributed by atoms with Crippen LogP contribution in [0.3, 0.4) is 0 Å². The van der Waals surface area contributed by atoms with Crippen LogP contribution in [-0.2, 0) is 11.3 Å². The predicted molar refractivity (Wildman–Crippen MR) is 87.4 cm³/mol. The highest BCUT2D eigenvalue weighted by Gasteiger charge is 2.09. The summed E-state index contributed by atoms with van der Waals surface area (Å²) in [7, 11) is 0. The van der Waals surface area contributed by atoms with Crippen molar-refractivity contribution in [3.05, 3.63) is 63.7 Å². The van der Waals surface area contributed by atoms with Crippen molar-refractivity contribution >= 4 is 34.1 Å². The van der Waals surface area contributed by atoms with E-state index in [0.717, 1.165) is 11.1 Å². The first kappa shape index (κ1) is 14.4. The Morgan fingerprint density at radius 3 is 2.91 bits per heavy atom. The van der Waals surface area contributed by atoms with Crippen molar-refractivity contribution in [3.63, 3.8) is 0 Å². The summed E-state index contributed by atoms with van der Waals surface area (Å²) in [5.41, 5.74) is 2.16. The number of pyridine rings is 1. The molecule has 0 radical (unpaired) electrons. The first-order valence-electron chi connectivity index (χ1n) is 6.77. The molecule has 0 aliphatic heterocycles. The van der Waals surface area contributed by atoms with Crippen LogP contribution in [0.5, 0.6) is 0 Å². The molecule has 2 N–H and O–H groups in total. The van der Waals surface area contributed by atoms with E-state index in [1.165, 1.54) is 0 Å². The summed E-state index contributed by atoms with van der Waals surface area (Å²) in [5.74, 6) is -0.183. The number of amides is 1. The number of H-pyrrole nitrogens is 1. The number of nitrogens with one attached hydrogen (secondary N) is 2. The monoisotopic (exact) mass is 315 g/mol. The standard InChI is InChI=1S/C16H14ClN3O2/c1-10-2-3-11(8-13(10)17)19-15(21)9-20-7-5-12-14(20)4-6-18-16(12)22/h2-8H,9H2,1H3,(H,18,22)(H,19,21). The Labute approximate surface area is 131 Å². The minimum absolute atomic E-state index is 0.123. The molecule has 0 aliphatic carbocycles. The van der Waals surface area contributed by atoms with E-state index in [9.17, 15) is 9.59 Å². The SMILES string of the molecule is Cc1ccc(NC(=O)Cn2ccc3c(=O)[nH]ccc32)cc1Cl. The molecule has 0 saturated heterocycles. The van der Waals surface area contributed by atoms with Gasteiger partial charge in [-0.05, 0) is 36.8 Å². The second-order valence-corrected chi connectivity index (χ2v) is 5.47. The third-order valence-electron chi connectivity index (χ3n) is 3.48. The van der Waals surface area contributed by atoms with E-state index in [1.54, 1.807) is 41.2 Å². The van der Waals surface area contributed by atoms with E-state index >= 15 is 0 Å². The molecule has 0 bridgehead atoms. The Hall–Kier alpha value is -2.53. The highest BCUT2D eigenvalue weighted by molar-refractivity contribution is 6.31. The van der Waals surface area contributed by atoms with Gasteiger partial charge in [-0.1, -0.05) is 17.7 Å². The molecule has 2 heterocycles. The fraction of sp³-hybridized carbons (Fsp3) is 0.125. The predicted octanol–water partition coefficient (Wildman–Crippen LogP) is 2.93. The summed E-state index contributed by atoms with van der Waals surface area (Å²) in [5, 5.41) is 3.97. The quantitative estimate of drug-likeness (QED) is 0.780. The van der Waals surface area contributed by atoms with Crippen LogP contribution in [0.4, 0.5) is 5.69 Å². The molecule has 0 fully saturated rings. The minimum atomic E-state index is -0.183. The normalized spacial score (nSPS) is 10.8. The number of hydrogen-bond acceptors (Lipinski definition) is 2. The van der Waals surface area contributed by atoms with Crippen molar-refractivity contribution in [1.29, 1.82) is 0 Å². The van der Waals surface area contributed by atoms with Crippen molar-refractivity contribution in [2.75, 3.05) is 5.32 Å². The van der Waals surface area contributed by atoms with Crippen LogP contribution >= 0.6 is 11.6 Å². The highest BCUT2D eigenvalue weighted by atomic mass is 35.5. The molecule has 1 amide bonds. The number of carbonyl (C=O) groups excluding carboxylic acids is 1. The number of benzene rings is 1. The van der Waals surface area contributed by atoms with Gasteiger partial charge in [-0.3, -0.25) is 9.59 Å². The van der Waals surface area contributed by atoms with Gasteiger partial charge in [-0.25, -0.2) is 0 Å². The lowest BCUT2D eigenvalue weighted by molar-refractivity contribution is -0.116. The lowest BCUT2D eigenvalue weighted by Crippen LogP contribution is -2.18. The van der Waals surface area contributed by atoms with E-state index in [4.69, 9.17) is 11.6 Å².